The highest BCUT2D eigenvalue weighted by Crippen LogP contribution is 2.33. The lowest BCUT2D eigenvalue weighted by Gasteiger charge is -2.47. The van der Waals surface area contributed by atoms with Crippen LogP contribution in [-0.2, 0) is 17.7 Å². The Hall–Kier alpha value is -4.07. The number of aromatic amines is 2. The Balaban J connectivity index is 0.912. The van der Waals surface area contributed by atoms with Crippen LogP contribution in [0.1, 0.15) is 46.0 Å². The number of rotatable bonds is 9. The SMILES string of the molecule is O=C(c1cccc2[nH]ccc12)N1CCOC2(CCN(Cc3cc(F)cc(CCNC[C@H](O)c4ccc(O)c5[nH]c(=O)sc45)c3)CC2)C1. The highest BCUT2D eigenvalue weighted by atomic mass is 32.1. The molecule has 246 valence electrons. The van der Waals surface area contributed by atoms with Gasteiger partial charge in [-0.3, -0.25) is 14.5 Å². The van der Waals surface area contributed by atoms with Crippen molar-refractivity contribution in [1.82, 2.24) is 25.1 Å². The first kappa shape index (κ1) is 31.5. The fourth-order valence-corrected chi connectivity index (χ4v) is 7.89. The molecule has 2 aliphatic rings. The van der Waals surface area contributed by atoms with E-state index in [1.807, 2.05) is 41.4 Å². The molecule has 7 rings (SSSR count). The molecule has 2 aromatic heterocycles. The van der Waals surface area contributed by atoms with Gasteiger partial charge < -0.3 is 35.1 Å². The first-order valence-electron chi connectivity index (χ1n) is 16.0. The molecular formula is C35H38FN5O5S. The zero-order chi connectivity index (χ0) is 32.5. The zero-order valence-corrected chi connectivity index (χ0v) is 26.7. The van der Waals surface area contributed by atoms with E-state index >= 15 is 0 Å². The number of hydrogen-bond donors (Lipinski definition) is 5. The molecule has 2 saturated heterocycles. The first-order chi connectivity index (χ1) is 22.8. The maximum Gasteiger partial charge on any atom is 0.305 e. The van der Waals surface area contributed by atoms with Gasteiger partial charge in [0.05, 0.1) is 29.6 Å². The summed E-state index contributed by atoms with van der Waals surface area (Å²) in [7, 11) is 0. The van der Waals surface area contributed by atoms with E-state index in [-0.39, 0.29) is 34.5 Å². The number of carbonyl (C=O) groups excluding carboxylic acids is 1. The summed E-state index contributed by atoms with van der Waals surface area (Å²) in [6, 6.07) is 16.0. The van der Waals surface area contributed by atoms with Gasteiger partial charge in [-0.15, -0.1) is 0 Å². The number of hydrogen-bond acceptors (Lipinski definition) is 8. The number of ether oxygens (including phenoxy) is 1. The first-order valence-corrected chi connectivity index (χ1v) is 16.8. The lowest BCUT2D eigenvalue weighted by molar-refractivity contribution is -0.127. The van der Waals surface area contributed by atoms with Gasteiger partial charge in [0.2, 0.25) is 0 Å². The molecule has 1 amide bonds. The van der Waals surface area contributed by atoms with Gasteiger partial charge in [0.25, 0.3) is 5.91 Å². The molecule has 0 bridgehead atoms. The number of morpholine rings is 1. The minimum atomic E-state index is -0.873. The molecule has 2 fully saturated rings. The van der Waals surface area contributed by atoms with Crippen molar-refractivity contribution < 1.29 is 24.1 Å². The number of piperidine rings is 1. The highest BCUT2D eigenvalue weighted by Gasteiger charge is 2.41. The summed E-state index contributed by atoms with van der Waals surface area (Å²) in [6.07, 6.45) is 3.16. The van der Waals surface area contributed by atoms with Gasteiger partial charge in [-0.25, -0.2) is 4.39 Å². The van der Waals surface area contributed by atoms with Gasteiger partial charge in [0.15, 0.2) is 0 Å². The third kappa shape index (κ3) is 6.69. The van der Waals surface area contributed by atoms with Crippen molar-refractivity contribution >= 4 is 38.4 Å². The summed E-state index contributed by atoms with van der Waals surface area (Å²) in [4.78, 5) is 35.1. The Labute approximate surface area is 274 Å². The number of fused-ring (bicyclic) bond motifs is 2. The van der Waals surface area contributed by atoms with Crippen LogP contribution >= 0.6 is 11.3 Å². The molecule has 5 aromatic rings. The van der Waals surface area contributed by atoms with E-state index in [9.17, 15) is 24.2 Å². The summed E-state index contributed by atoms with van der Waals surface area (Å²) < 4.78 is 21.5. The lowest BCUT2D eigenvalue weighted by Crippen LogP contribution is -2.57. The number of amides is 1. The molecule has 12 heteroatoms. The minimum Gasteiger partial charge on any atom is -0.506 e. The lowest BCUT2D eigenvalue weighted by atomic mass is 9.88. The van der Waals surface area contributed by atoms with Crippen molar-refractivity contribution in [3.8, 4) is 5.75 Å². The molecule has 0 unspecified atom stereocenters. The normalized spacial score (nSPS) is 17.5. The number of likely N-dealkylation sites (tertiary alicyclic amines) is 1. The summed E-state index contributed by atoms with van der Waals surface area (Å²) in [5.41, 5.74) is 3.97. The maximum absolute atomic E-state index is 14.7. The molecular weight excluding hydrogens is 621 g/mol. The Morgan fingerprint density at radius 1 is 1.11 bits per heavy atom. The molecule has 5 N–H and O–H groups in total. The van der Waals surface area contributed by atoms with Gasteiger partial charge in [-0.2, -0.15) is 0 Å². The van der Waals surface area contributed by atoms with E-state index < -0.39 is 6.10 Å². The molecule has 3 aromatic carbocycles. The van der Waals surface area contributed by atoms with Gasteiger partial charge in [-0.1, -0.05) is 29.5 Å². The Bertz CT molecular complexity index is 1960. The van der Waals surface area contributed by atoms with Crippen molar-refractivity contribution in [3.05, 3.63) is 98.5 Å². The van der Waals surface area contributed by atoms with Crippen molar-refractivity contribution in [3.63, 3.8) is 0 Å². The van der Waals surface area contributed by atoms with Crippen LogP contribution in [0.25, 0.3) is 21.1 Å². The Morgan fingerprint density at radius 2 is 1.94 bits per heavy atom. The number of aromatic nitrogens is 2. The third-order valence-electron chi connectivity index (χ3n) is 9.43. The molecule has 1 spiro atoms. The minimum absolute atomic E-state index is 0.0314. The smallest absolute Gasteiger partial charge is 0.305 e. The number of carbonyl (C=O) groups is 1. The van der Waals surface area contributed by atoms with Crippen LogP contribution in [-0.4, -0.2) is 87.4 Å². The summed E-state index contributed by atoms with van der Waals surface area (Å²) in [5, 5.41) is 24.9. The van der Waals surface area contributed by atoms with Crippen molar-refractivity contribution in [2.75, 3.05) is 45.9 Å². The third-order valence-corrected chi connectivity index (χ3v) is 10.4. The molecule has 0 aliphatic carbocycles. The standard InChI is InChI=1S/C35H38FN5O5S/c36-24-17-22(6-10-37-19-30(43)27-4-5-29(42)31-32(27)47-34(45)39-31)16-23(18-24)20-40-12-8-35(9-13-40)21-41(14-15-46-35)33(44)26-2-1-3-28-25(26)7-11-38-28/h1-5,7,11,16-18,30,37-38,42-43H,6,8-10,12-15,19-21H2,(H,39,45)/t30-/m0/s1. The van der Waals surface area contributed by atoms with Crippen LogP contribution in [0, 0.1) is 5.82 Å². The number of aromatic hydroxyl groups is 1. The second kappa shape index (κ2) is 13.2. The van der Waals surface area contributed by atoms with Crippen molar-refractivity contribution in [2.45, 2.75) is 37.5 Å². The number of thiazole rings is 1. The van der Waals surface area contributed by atoms with Crippen molar-refractivity contribution in [2.24, 2.45) is 0 Å². The van der Waals surface area contributed by atoms with Crippen molar-refractivity contribution in [1.29, 1.82) is 0 Å². The summed E-state index contributed by atoms with van der Waals surface area (Å²) in [6.45, 7) is 4.64. The quantitative estimate of drug-likeness (QED) is 0.149. The number of H-pyrrole nitrogens is 2. The Kier molecular flexibility index (Phi) is 8.86. The van der Waals surface area contributed by atoms with Gasteiger partial charge in [0, 0.05) is 61.0 Å². The summed E-state index contributed by atoms with van der Waals surface area (Å²) >= 11 is 0.954. The number of aliphatic hydroxyl groups excluding tert-OH is 1. The number of benzene rings is 3. The fourth-order valence-electron chi connectivity index (χ4n) is 6.98. The topological polar surface area (TPSA) is 134 Å². The Morgan fingerprint density at radius 3 is 2.79 bits per heavy atom. The predicted octanol–water partition coefficient (Wildman–Crippen LogP) is 4.29. The number of nitrogens with one attached hydrogen (secondary N) is 3. The molecule has 10 nitrogen and oxygen atoms in total. The molecule has 1 atom stereocenters. The summed E-state index contributed by atoms with van der Waals surface area (Å²) in [5.74, 6) is -0.272. The second-order valence-corrected chi connectivity index (χ2v) is 13.6. The predicted molar refractivity (Wildman–Crippen MR) is 179 cm³/mol. The number of halogens is 1. The number of phenolic OH excluding ortho intramolecular Hbond substituents is 1. The highest BCUT2D eigenvalue weighted by molar-refractivity contribution is 7.16. The van der Waals surface area contributed by atoms with E-state index in [1.165, 1.54) is 6.07 Å². The van der Waals surface area contributed by atoms with E-state index in [0.717, 1.165) is 59.3 Å². The number of phenols is 1. The van der Waals surface area contributed by atoms with E-state index in [4.69, 9.17) is 4.74 Å². The molecule has 0 radical (unpaired) electrons. The van der Waals surface area contributed by atoms with Gasteiger partial charge >= 0.3 is 4.87 Å². The van der Waals surface area contributed by atoms with Crippen LogP contribution in [0.5, 0.6) is 5.75 Å². The van der Waals surface area contributed by atoms with Gasteiger partial charge in [0.1, 0.15) is 17.1 Å². The number of aliphatic hydroxyl groups is 1. The van der Waals surface area contributed by atoms with Crippen LogP contribution < -0.4 is 10.2 Å². The maximum atomic E-state index is 14.7. The van der Waals surface area contributed by atoms with E-state index in [1.54, 1.807) is 18.2 Å². The van der Waals surface area contributed by atoms with Crippen LogP contribution in [0.2, 0.25) is 0 Å². The average molecular weight is 660 g/mol. The van der Waals surface area contributed by atoms with E-state index in [0.29, 0.717) is 60.6 Å². The zero-order valence-electron chi connectivity index (χ0n) is 25.9. The van der Waals surface area contributed by atoms with Crippen LogP contribution in [0.3, 0.4) is 0 Å². The van der Waals surface area contributed by atoms with Crippen LogP contribution in [0.4, 0.5) is 4.39 Å². The van der Waals surface area contributed by atoms with E-state index in [2.05, 4.69) is 20.2 Å². The fraction of sp³-hybridized carbons (Fsp3) is 0.371. The van der Waals surface area contributed by atoms with Crippen LogP contribution in [0.15, 0.2) is 65.6 Å². The molecule has 2 aliphatic heterocycles. The van der Waals surface area contributed by atoms with Gasteiger partial charge in [-0.05, 0) is 73.3 Å². The largest absolute Gasteiger partial charge is 0.506 e. The monoisotopic (exact) mass is 659 g/mol. The molecule has 0 saturated carbocycles. The molecule has 4 heterocycles. The molecule has 47 heavy (non-hydrogen) atoms. The average Bonchev–Trinajstić information content (AvgIpc) is 3.71. The number of nitrogens with zero attached hydrogens (tertiary/aromatic N) is 2. The second-order valence-electron chi connectivity index (χ2n) is 12.6.